The summed E-state index contributed by atoms with van der Waals surface area (Å²) in [4.78, 5) is 39.9. The third-order valence-electron chi connectivity index (χ3n) is 5.41. The second-order valence-corrected chi connectivity index (χ2v) is 8.30. The van der Waals surface area contributed by atoms with Crippen LogP contribution in [-0.2, 0) is 25.7 Å². The summed E-state index contributed by atoms with van der Waals surface area (Å²) >= 11 is 12.2. The normalized spacial score (nSPS) is 14.6. The molecule has 1 fully saturated rings. The maximum Gasteiger partial charge on any atom is 0.303 e. The van der Waals surface area contributed by atoms with Gasteiger partial charge in [-0.3, -0.25) is 19.3 Å². The van der Waals surface area contributed by atoms with Crippen molar-refractivity contribution in [3.05, 3.63) is 64.1 Å². The first-order chi connectivity index (χ1) is 15.9. The number of rotatable bonds is 7. The molecule has 0 saturated carbocycles. The van der Waals surface area contributed by atoms with Crippen molar-refractivity contribution in [1.82, 2.24) is 10.6 Å². The van der Waals surface area contributed by atoms with Crippen LogP contribution in [-0.4, -0.2) is 43.0 Å². The van der Waals surface area contributed by atoms with Gasteiger partial charge in [0.15, 0.2) is 0 Å². The van der Waals surface area contributed by atoms with Crippen LogP contribution in [0.15, 0.2) is 48.5 Å². The zero-order chi connectivity index (χ0) is 23.8. The van der Waals surface area contributed by atoms with Crippen LogP contribution >= 0.6 is 23.2 Å². The molecule has 2 aromatic carbocycles. The lowest BCUT2D eigenvalue weighted by atomic mass is 9.86. The third kappa shape index (κ3) is 5.85. The second-order valence-electron chi connectivity index (χ2n) is 7.46. The Bertz CT molecular complexity index is 1080. The standard InChI is InChI=1S/C24H23Cl2N3O4/c1-2-22(31)29(19-8-5-7-18(25)14-19)24(10-12-33-13-11-24)23(32)28-16-21(30)27-15-17-6-3-4-9-20(17)26/h1,3-9,14H,10-13,15-16H2,(H,27,30)(H,28,32). The average Bonchev–Trinajstić information content (AvgIpc) is 2.82. The van der Waals surface area contributed by atoms with Gasteiger partial charge >= 0.3 is 5.91 Å². The monoisotopic (exact) mass is 487 g/mol. The first-order valence-electron chi connectivity index (χ1n) is 10.3. The molecule has 0 spiro atoms. The van der Waals surface area contributed by atoms with Gasteiger partial charge in [0.1, 0.15) is 5.54 Å². The van der Waals surface area contributed by atoms with E-state index in [4.69, 9.17) is 34.4 Å². The summed E-state index contributed by atoms with van der Waals surface area (Å²) in [6.45, 7) is 0.444. The summed E-state index contributed by atoms with van der Waals surface area (Å²) in [7, 11) is 0. The Morgan fingerprint density at radius 3 is 2.45 bits per heavy atom. The Morgan fingerprint density at radius 2 is 1.79 bits per heavy atom. The molecule has 1 aliphatic heterocycles. The van der Waals surface area contributed by atoms with Gasteiger partial charge in [0.25, 0.3) is 0 Å². The minimum absolute atomic E-state index is 0.208. The molecule has 1 heterocycles. The number of benzene rings is 2. The number of hydrogen-bond donors (Lipinski definition) is 2. The molecule has 3 rings (SSSR count). The lowest BCUT2D eigenvalue weighted by Gasteiger charge is -2.43. The van der Waals surface area contributed by atoms with Crippen molar-refractivity contribution < 1.29 is 19.1 Å². The predicted molar refractivity (Wildman–Crippen MR) is 127 cm³/mol. The van der Waals surface area contributed by atoms with Gasteiger partial charge in [-0.1, -0.05) is 47.5 Å². The number of ether oxygens (including phenoxy) is 1. The molecular formula is C24H23Cl2N3O4. The summed E-state index contributed by atoms with van der Waals surface area (Å²) in [6, 6.07) is 13.7. The minimum atomic E-state index is -1.32. The number of amides is 3. The van der Waals surface area contributed by atoms with E-state index in [1.165, 1.54) is 4.90 Å². The van der Waals surface area contributed by atoms with Crippen LogP contribution in [0.25, 0.3) is 0 Å². The van der Waals surface area contributed by atoms with Gasteiger partial charge in [-0.15, -0.1) is 6.42 Å². The fourth-order valence-corrected chi connectivity index (χ4v) is 4.11. The summed E-state index contributed by atoms with van der Waals surface area (Å²) in [5.41, 5.74) is -0.174. The fourth-order valence-electron chi connectivity index (χ4n) is 3.72. The number of nitrogens with one attached hydrogen (secondary N) is 2. The molecule has 0 radical (unpaired) electrons. The van der Waals surface area contributed by atoms with E-state index in [2.05, 4.69) is 16.6 Å². The van der Waals surface area contributed by atoms with E-state index in [1.54, 1.807) is 42.5 Å². The van der Waals surface area contributed by atoms with Gasteiger partial charge in [0.05, 0.1) is 6.54 Å². The van der Waals surface area contributed by atoms with Crippen LogP contribution in [0.4, 0.5) is 5.69 Å². The average molecular weight is 488 g/mol. The van der Waals surface area contributed by atoms with Crippen LogP contribution in [0.5, 0.6) is 0 Å². The zero-order valence-electron chi connectivity index (χ0n) is 17.8. The predicted octanol–water partition coefficient (Wildman–Crippen LogP) is 2.94. The van der Waals surface area contributed by atoms with Crippen LogP contribution in [0, 0.1) is 12.3 Å². The Balaban J connectivity index is 1.77. The van der Waals surface area contributed by atoms with Gasteiger partial charge in [0, 0.05) is 48.3 Å². The van der Waals surface area contributed by atoms with Gasteiger partial charge in [-0.25, -0.2) is 0 Å². The highest BCUT2D eigenvalue weighted by Gasteiger charge is 2.48. The lowest BCUT2D eigenvalue weighted by molar-refractivity contribution is -0.134. The van der Waals surface area contributed by atoms with E-state index in [9.17, 15) is 14.4 Å². The first kappa shape index (κ1) is 24.6. The van der Waals surface area contributed by atoms with Crippen molar-refractivity contribution in [2.24, 2.45) is 0 Å². The Kier molecular flexibility index (Phi) is 8.34. The fraction of sp³-hybridized carbons (Fsp3) is 0.292. The topological polar surface area (TPSA) is 87.7 Å². The van der Waals surface area contributed by atoms with E-state index in [0.717, 1.165) is 5.56 Å². The molecule has 9 heteroatoms. The number of hydrogen-bond acceptors (Lipinski definition) is 4. The molecule has 1 aliphatic rings. The molecule has 2 aromatic rings. The highest BCUT2D eigenvalue weighted by atomic mass is 35.5. The summed E-state index contributed by atoms with van der Waals surface area (Å²) in [5, 5.41) is 6.30. The zero-order valence-corrected chi connectivity index (χ0v) is 19.3. The van der Waals surface area contributed by atoms with Crippen molar-refractivity contribution in [1.29, 1.82) is 0 Å². The Labute approximate surface area is 202 Å². The molecule has 7 nitrogen and oxygen atoms in total. The molecule has 2 N–H and O–H groups in total. The number of carbonyl (C=O) groups excluding carboxylic acids is 3. The second kappa shape index (κ2) is 11.2. The summed E-state index contributed by atoms with van der Waals surface area (Å²) < 4.78 is 5.43. The van der Waals surface area contributed by atoms with E-state index < -0.39 is 23.3 Å². The molecule has 1 saturated heterocycles. The van der Waals surface area contributed by atoms with E-state index in [1.807, 2.05) is 6.07 Å². The molecule has 0 atom stereocenters. The highest BCUT2D eigenvalue weighted by molar-refractivity contribution is 6.31. The quantitative estimate of drug-likeness (QED) is 0.587. The van der Waals surface area contributed by atoms with E-state index >= 15 is 0 Å². The van der Waals surface area contributed by atoms with Crippen molar-refractivity contribution in [2.75, 3.05) is 24.7 Å². The lowest BCUT2D eigenvalue weighted by Crippen LogP contribution is -2.64. The van der Waals surface area contributed by atoms with E-state index in [-0.39, 0.29) is 39.1 Å². The molecule has 0 unspecified atom stereocenters. The number of carbonyl (C=O) groups is 3. The van der Waals surface area contributed by atoms with E-state index in [0.29, 0.717) is 15.7 Å². The van der Waals surface area contributed by atoms with Crippen LogP contribution < -0.4 is 15.5 Å². The molecule has 0 aromatic heterocycles. The summed E-state index contributed by atoms with van der Waals surface area (Å²) in [6.07, 6.45) is 5.85. The minimum Gasteiger partial charge on any atom is -0.381 e. The third-order valence-corrected chi connectivity index (χ3v) is 6.01. The van der Waals surface area contributed by atoms with Crippen molar-refractivity contribution in [3.63, 3.8) is 0 Å². The van der Waals surface area contributed by atoms with Gasteiger partial charge in [0.2, 0.25) is 11.8 Å². The van der Waals surface area contributed by atoms with Gasteiger partial charge < -0.3 is 15.4 Å². The Morgan fingerprint density at radius 1 is 1.06 bits per heavy atom. The van der Waals surface area contributed by atoms with Gasteiger partial charge in [-0.05, 0) is 35.7 Å². The summed E-state index contributed by atoms with van der Waals surface area (Å²) in [5.74, 6) is 0.519. The molecule has 0 bridgehead atoms. The molecular weight excluding hydrogens is 465 g/mol. The van der Waals surface area contributed by atoms with Crippen LogP contribution in [0.1, 0.15) is 18.4 Å². The van der Waals surface area contributed by atoms with Crippen molar-refractivity contribution in [2.45, 2.75) is 24.9 Å². The number of halogens is 2. The maximum absolute atomic E-state index is 13.4. The maximum atomic E-state index is 13.4. The van der Waals surface area contributed by atoms with Crippen molar-refractivity contribution in [3.8, 4) is 12.3 Å². The van der Waals surface area contributed by atoms with Gasteiger partial charge in [-0.2, -0.15) is 0 Å². The number of anilines is 1. The SMILES string of the molecule is C#CC(=O)N(c1cccc(Cl)c1)C1(C(=O)NCC(=O)NCc2ccccc2Cl)CCOCC1. The molecule has 3 amide bonds. The molecule has 172 valence electrons. The van der Waals surface area contributed by atoms with Crippen LogP contribution in [0.3, 0.4) is 0 Å². The Hall–Kier alpha value is -3.05. The molecule has 33 heavy (non-hydrogen) atoms. The number of nitrogens with zero attached hydrogens (tertiary/aromatic N) is 1. The largest absolute Gasteiger partial charge is 0.381 e. The highest BCUT2D eigenvalue weighted by Crippen LogP contribution is 2.34. The van der Waals surface area contributed by atoms with Crippen LogP contribution in [0.2, 0.25) is 10.0 Å². The molecule has 0 aliphatic carbocycles. The van der Waals surface area contributed by atoms with Crippen molar-refractivity contribution >= 4 is 46.6 Å². The smallest absolute Gasteiger partial charge is 0.303 e. The first-order valence-corrected chi connectivity index (χ1v) is 11.1. The number of terminal acetylenes is 1.